The molecule has 1 amide bonds. The first kappa shape index (κ1) is 27.4. The molecule has 0 bridgehead atoms. The molecular weight excluding hydrogens is 558 g/mol. The standard InChI is InChI=1S/C26H22ClF4N5O4/c1-14-32-12-21(39-14)17-6-4-15(10-20(17)38-2)22-34-35-23-25(8-3-9-36(22)23,24(37)33-13-26(29,30)31)40-16-5-7-18(27)19(28)11-16/h4-7,10-12H,3,8-9,13H2,1-2H3,(H,33,37). The summed E-state index contributed by atoms with van der Waals surface area (Å²) in [6.45, 7) is 0.465. The van der Waals surface area contributed by atoms with Crippen LogP contribution in [0.3, 0.4) is 0 Å². The molecule has 3 heterocycles. The molecule has 1 aliphatic rings. The van der Waals surface area contributed by atoms with Crippen LogP contribution in [0, 0.1) is 12.7 Å². The molecule has 210 valence electrons. The van der Waals surface area contributed by atoms with Crippen LogP contribution >= 0.6 is 11.6 Å². The summed E-state index contributed by atoms with van der Waals surface area (Å²) in [5.41, 5.74) is -0.838. The Bertz CT molecular complexity index is 1570. The van der Waals surface area contributed by atoms with Crippen LogP contribution < -0.4 is 14.8 Å². The molecule has 1 unspecified atom stereocenters. The van der Waals surface area contributed by atoms with E-state index >= 15 is 0 Å². The van der Waals surface area contributed by atoms with Crippen molar-refractivity contribution in [3.05, 3.63) is 65.2 Å². The molecule has 0 saturated heterocycles. The molecule has 0 spiro atoms. The van der Waals surface area contributed by atoms with E-state index in [9.17, 15) is 22.4 Å². The molecule has 9 nitrogen and oxygen atoms in total. The molecule has 1 N–H and O–H groups in total. The Hall–Kier alpha value is -4.13. The predicted octanol–water partition coefficient (Wildman–Crippen LogP) is 5.46. The third-order valence-electron chi connectivity index (χ3n) is 6.37. The van der Waals surface area contributed by atoms with E-state index in [0.717, 1.165) is 6.07 Å². The fourth-order valence-corrected chi connectivity index (χ4v) is 4.69. The molecule has 2 aromatic carbocycles. The molecule has 0 radical (unpaired) electrons. The topological polar surface area (TPSA) is 104 Å². The number of ether oxygens (including phenoxy) is 2. The number of halogens is 5. The van der Waals surface area contributed by atoms with Gasteiger partial charge in [-0.25, -0.2) is 9.37 Å². The zero-order valence-electron chi connectivity index (χ0n) is 21.2. The summed E-state index contributed by atoms with van der Waals surface area (Å²) in [5.74, 6) is -0.309. The van der Waals surface area contributed by atoms with Gasteiger partial charge in [-0.3, -0.25) is 4.79 Å². The van der Waals surface area contributed by atoms with Crippen LogP contribution in [0.25, 0.3) is 22.7 Å². The third kappa shape index (κ3) is 5.20. The van der Waals surface area contributed by atoms with E-state index in [-0.39, 0.29) is 23.0 Å². The summed E-state index contributed by atoms with van der Waals surface area (Å²) in [6, 6.07) is 8.66. The maximum absolute atomic E-state index is 14.2. The molecule has 4 aromatic rings. The zero-order valence-corrected chi connectivity index (χ0v) is 21.9. The first-order valence-corrected chi connectivity index (χ1v) is 12.4. The minimum Gasteiger partial charge on any atom is -0.496 e. The van der Waals surface area contributed by atoms with E-state index in [2.05, 4.69) is 15.2 Å². The Balaban J connectivity index is 1.58. The van der Waals surface area contributed by atoms with Crippen molar-refractivity contribution in [2.45, 2.75) is 38.1 Å². The van der Waals surface area contributed by atoms with E-state index in [1.165, 1.54) is 19.2 Å². The number of methoxy groups -OCH3 is 1. The molecular formula is C26H22ClF4N5O4. The number of hydrogen-bond acceptors (Lipinski definition) is 7. The number of alkyl halides is 3. The highest BCUT2D eigenvalue weighted by Crippen LogP contribution is 2.40. The summed E-state index contributed by atoms with van der Waals surface area (Å²) in [5, 5.41) is 10.1. The largest absolute Gasteiger partial charge is 0.496 e. The van der Waals surface area contributed by atoms with Crippen molar-refractivity contribution in [3.8, 4) is 34.2 Å². The van der Waals surface area contributed by atoms with Gasteiger partial charge in [0.15, 0.2) is 23.3 Å². The van der Waals surface area contributed by atoms with E-state index in [1.807, 2.05) is 5.32 Å². The van der Waals surface area contributed by atoms with Crippen molar-refractivity contribution in [1.29, 1.82) is 0 Å². The van der Waals surface area contributed by atoms with Crippen molar-refractivity contribution < 1.29 is 36.2 Å². The number of nitrogens with one attached hydrogen (secondary N) is 1. The fourth-order valence-electron chi connectivity index (χ4n) is 4.57. The minimum atomic E-state index is -4.67. The lowest BCUT2D eigenvalue weighted by Gasteiger charge is -2.36. The monoisotopic (exact) mass is 579 g/mol. The second-order valence-corrected chi connectivity index (χ2v) is 9.47. The summed E-state index contributed by atoms with van der Waals surface area (Å²) in [7, 11) is 1.49. The van der Waals surface area contributed by atoms with E-state index in [4.69, 9.17) is 25.5 Å². The highest BCUT2D eigenvalue weighted by molar-refractivity contribution is 6.30. The minimum absolute atomic E-state index is 0.0299. The Morgan fingerprint density at radius 2 is 2.02 bits per heavy atom. The van der Waals surface area contributed by atoms with Gasteiger partial charge in [0.1, 0.15) is 23.9 Å². The molecule has 0 aliphatic carbocycles. The summed E-state index contributed by atoms with van der Waals surface area (Å²) < 4.78 is 71.9. The number of aryl methyl sites for hydroxylation is 1. The van der Waals surface area contributed by atoms with Gasteiger partial charge in [0, 0.05) is 31.5 Å². The van der Waals surface area contributed by atoms with Crippen LogP contribution in [0.2, 0.25) is 5.02 Å². The number of aromatic nitrogens is 4. The Morgan fingerprint density at radius 3 is 2.70 bits per heavy atom. The second-order valence-electron chi connectivity index (χ2n) is 9.06. The molecule has 1 atom stereocenters. The Morgan fingerprint density at radius 1 is 1.23 bits per heavy atom. The Labute approximate surface area is 230 Å². The van der Waals surface area contributed by atoms with Crippen LogP contribution in [0.1, 0.15) is 24.6 Å². The SMILES string of the molecule is COc1cc(-c2nnc3n2CCCC3(Oc2ccc(Cl)c(F)c2)C(=O)NCC(F)(F)F)ccc1-c1cnc(C)o1. The Kier molecular flexibility index (Phi) is 7.17. The molecule has 2 aromatic heterocycles. The number of hydrogen-bond donors (Lipinski definition) is 1. The lowest BCUT2D eigenvalue weighted by Crippen LogP contribution is -2.53. The van der Waals surface area contributed by atoms with Crippen molar-refractivity contribution in [3.63, 3.8) is 0 Å². The zero-order chi connectivity index (χ0) is 28.7. The van der Waals surface area contributed by atoms with Gasteiger partial charge in [-0.1, -0.05) is 17.7 Å². The summed E-state index contributed by atoms with van der Waals surface area (Å²) in [4.78, 5) is 17.5. The van der Waals surface area contributed by atoms with Crippen LogP contribution in [0.15, 0.2) is 47.0 Å². The van der Waals surface area contributed by atoms with Crippen LogP contribution in [-0.4, -0.2) is 45.5 Å². The maximum atomic E-state index is 14.2. The first-order chi connectivity index (χ1) is 19.0. The molecule has 0 fully saturated rings. The van der Waals surface area contributed by atoms with E-state index in [0.29, 0.717) is 47.3 Å². The molecule has 5 rings (SSSR count). The number of benzene rings is 2. The number of fused-ring (bicyclic) bond motifs is 1. The van der Waals surface area contributed by atoms with E-state index < -0.39 is 30.0 Å². The second kappa shape index (κ2) is 10.5. The number of nitrogens with zero attached hydrogens (tertiary/aromatic N) is 4. The number of amides is 1. The lowest BCUT2D eigenvalue weighted by atomic mass is 9.91. The van der Waals surface area contributed by atoms with Crippen molar-refractivity contribution in [2.24, 2.45) is 0 Å². The fraction of sp³-hybridized carbons (Fsp3) is 0.308. The third-order valence-corrected chi connectivity index (χ3v) is 6.67. The van der Waals surface area contributed by atoms with Crippen molar-refractivity contribution in [2.75, 3.05) is 13.7 Å². The van der Waals surface area contributed by atoms with Gasteiger partial charge in [-0.05, 0) is 30.7 Å². The quantitative estimate of drug-likeness (QED) is 0.290. The normalized spacial score (nSPS) is 16.9. The van der Waals surface area contributed by atoms with Gasteiger partial charge < -0.3 is 23.8 Å². The van der Waals surface area contributed by atoms with Crippen LogP contribution in [0.5, 0.6) is 11.5 Å². The van der Waals surface area contributed by atoms with E-state index in [1.54, 1.807) is 35.9 Å². The average molecular weight is 580 g/mol. The predicted molar refractivity (Wildman–Crippen MR) is 134 cm³/mol. The van der Waals surface area contributed by atoms with Gasteiger partial charge in [0.25, 0.3) is 5.91 Å². The number of carbonyl (C=O) groups excluding carboxylic acids is 1. The number of rotatable bonds is 7. The smallest absolute Gasteiger partial charge is 0.405 e. The highest BCUT2D eigenvalue weighted by atomic mass is 35.5. The first-order valence-electron chi connectivity index (χ1n) is 12.0. The van der Waals surface area contributed by atoms with Crippen molar-refractivity contribution >= 4 is 17.5 Å². The lowest BCUT2D eigenvalue weighted by molar-refractivity contribution is -0.151. The van der Waals surface area contributed by atoms with Crippen LogP contribution in [0.4, 0.5) is 17.6 Å². The molecule has 14 heteroatoms. The summed E-state index contributed by atoms with van der Waals surface area (Å²) >= 11 is 5.77. The molecule has 40 heavy (non-hydrogen) atoms. The van der Waals surface area contributed by atoms with Gasteiger partial charge in [-0.2, -0.15) is 13.2 Å². The van der Waals surface area contributed by atoms with Gasteiger partial charge in [-0.15, -0.1) is 10.2 Å². The van der Waals surface area contributed by atoms with Crippen LogP contribution in [-0.2, 0) is 16.9 Å². The van der Waals surface area contributed by atoms with Gasteiger partial charge in [0.05, 0.1) is 23.9 Å². The van der Waals surface area contributed by atoms with Crippen molar-refractivity contribution in [1.82, 2.24) is 25.1 Å². The molecule has 0 saturated carbocycles. The highest BCUT2D eigenvalue weighted by Gasteiger charge is 2.50. The summed E-state index contributed by atoms with van der Waals surface area (Å²) in [6.07, 6.45) is -2.82. The molecule has 1 aliphatic heterocycles. The van der Waals surface area contributed by atoms with Gasteiger partial charge >= 0.3 is 6.18 Å². The number of oxazole rings is 1. The maximum Gasteiger partial charge on any atom is 0.405 e. The van der Waals surface area contributed by atoms with Gasteiger partial charge in [0.2, 0.25) is 5.60 Å². The number of carbonyl (C=O) groups is 1. The average Bonchev–Trinajstić information content (AvgIpc) is 3.55.